The number of hydrogen-bond acceptors (Lipinski definition) is 3. The van der Waals surface area contributed by atoms with Crippen LogP contribution in [-0.2, 0) is 14.8 Å². The molecule has 0 N–H and O–H groups in total. The van der Waals surface area contributed by atoms with Gasteiger partial charge in [0.05, 0.1) is 0 Å². The molecule has 0 aromatic heterocycles. The molecule has 2 fully saturated rings. The van der Waals surface area contributed by atoms with E-state index in [4.69, 9.17) is 0 Å². The summed E-state index contributed by atoms with van der Waals surface area (Å²) in [5.41, 5.74) is 0. The number of carbonyl (C=O) groups is 1. The molecule has 1 aromatic carbocycles. The molecule has 1 aliphatic carbocycles. The molecule has 1 saturated carbocycles. The zero-order valence-electron chi connectivity index (χ0n) is 13.0. The van der Waals surface area contributed by atoms with Gasteiger partial charge in [0.15, 0.2) is 17.5 Å². The Hall–Kier alpha value is -1.61. The summed E-state index contributed by atoms with van der Waals surface area (Å²) in [5, 5.41) is 0. The predicted octanol–water partition coefficient (Wildman–Crippen LogP) is 1.59. The smallest absolute Gasteiger partial charge is 0.246 e. The zero-order valence-corrected chi connectivity index (χ0v) is 13.8. The highest BCUT2D eigenvalue weighted by Crippen LogP contribution is 2.39. The van der Waals surface area contributed by atoms with Gasteiger partial charge in [-0.15, -0.1) is 0 Å². The van der Waals surface area contributed by atoms with Crippen molar-refractivity contribution in [1.82, 2.24) is 9.21 Å². The normalized spacial score (nSPS) is 24.9. The predicted molar refractivity (Wildman–Crippen MR) is 78.9 cm³/mol. The third-order valence-corrected chi connectivity index (χ3v) is 6.51. The molecule has 132 valence electrons. The van der Waals surface area contributed by atoms with Crippen LogP contribution in [0.15, 0.2) is 17.0 Å². The fourth-order valence-electron chi connectivity index (χ4n) is 2.90. The van der Waals surface area contributed by atoms with E-state index < -0.39 is 32.4 Å². The van der Waals surface area contributed by atoms with Crippen LogP contribution in [-0.4, -0.2) is 49.7 Å². The van der Waals surface area contributed by atoms with Crippen molar-refractivity contribution in [2.45, 2.75) is 18.2 Å². The van der Waals surface area contributed by atoms with Crippen LogP contribution in [0.1, 0.15) is 13.3 Å². The fraction of sp³-hybridized carbons (Fsp3) is 0.533. The largest absolute Gasteiger partial charge is 0.340 e. The van der Waals surface area contributed by atoms with Gasteiger partial charge in [-0.05, 0) is 24.5 Å². The van der Waals surface area contributed by atoms with Crippen LogP contribution in [0.5, 0.6) is 0 Å². The lowest BCUT2D eigenvalue weighted by atomic mass is 10.2. The Balaban J connectivity index is 1.73. The summed E-state index contributed by atoms with van der Waals surface area (Å²) < 4.78 is 65.9. The molecule has 9 heteroatoms. The summed E-state index contributed by atoms with van der Waals surface area (Å²) in [5.74, 6) is -4.60. The first kappa shape index (κ1) is 17.2. The molecule has 1 aromatic rings. The van der Waals surface area contributed by atoms with Crippen molar-refractivity contribution in [3.8, 4) is 0 Å². The minimum Gasteiger partial charge on any atom is -0.340 e. The quantitative estimate of drug-likeness (QED) is 0.768. The summed E-state index contributed by atoms with van der Waals surface area (Å²) in [6.07, 6.45) is 0.845. The molecule has 0 spiro atoms. The standard InChI is InChI=1S/C15H17F3N2O3S/c1-9-8-10(9)15(21)19-4-6-20(7-5-19)24(22,23)12-3-2-11(16)13(17)14(12)18/h2-3,9-10H,4-8H2,1H3/t9-,10-/m0/s1. The number of rotatable bonds is 3. The SMILES string of the molecule is C[C@H]1C[C@@H]1C(=O)N1CCN(S(=O)(=O)c2ccc(F)c(F)c2F)CC1. The van der Waals surface area contributed by atoms with Crippen LogP contribution >= 0.6 is 0 Å². The number of nitrogens with zero attached hydrogens (tertiary/aromatic N) is 2. The van der Waals surface area contributed by atoms with Crippen molar-refractivity contribution in [1.29, 1.82) is 0 Å². The minimum atomic E-state index is -4.28. The highest BCUT2D eigenvalue weighted by Gasteiger charge is 2.43. The molecule has 2 atom stereocenters. The first-order valence-electron chi connectivity index (χ1n) is 7.66. The van der Waals surface area contributed by atoms with E-state index in [2.05, 4.69) is 0 Å². The van der Waals surface area contributed by atoms with Crippen LogP contribution < -0.4 is 0 Å². The third kappa shape index (κ3) is 2.90. The number of hydrogen-bond donors (Lipinski definition) is 0. The summed E-state index contributed by atoms with van der Waals surface area (Å²) in [4.78, 5) is 12.8. The lowest BCUT2D eigenvalue weighted by Crippen LogP contribution is -2.51. The van der Waals surface area contributed by atoms with Crippen LogP contribution in [0.3, 0.4) is 0 Å². The molecular formula is C15H17F3N2O3S. The Morgan fingerprint density at radius 3 is 2.21 bits per heavy atom. The minimum absolute atomic E-state index is 0.00634. The Labute approximate surface area is 138 Å². The van der Waals surface area contributed by atoms with Gasteiger partial charge in [-0.25, -0.2) is 21.6 Å². The summed E-state index contributed by atoms with van der Waals surface area (Å²) >= 11 is 0. The van der Waals surface area contributed by atoms with Crippen LogP contribution in [0.25, 0.3) is 0 Å². The third-order valence-electron chi connectivity index (χ3n) is 4.59. The van der Waals surface area contributed by atoms with Gasteiger partial charge in [0.1, 0.15) is 4.90 Å². The van der Waals surface area contributed by atoms with Gasteiger partial charge < -0.3 is 4.90 Å². The molecule has 0 unspecified atom stereocenters. The maximum Gasteiger partial charge on any atom is 0.246 e. The van der Waals surface area contributed by atoms with Crippen molar-refractivity contribution in [2.24, 2.45) is 11.8 Å². The second-order valence-electron chi connectivity index (χ2n) is 6.22. The number of sulfonamides is 1. The highest BCUT2D eigenvalue weighted by molar-refractivity contribution is 7.89. The van der Waals surface area contributed by atoms with E-state index >= 15 is 0 Å². The average Bonchev–Trinajstić information content (AvgIpc) is 3.28. The van der Waals surface area contributed by atoms with Gasteiger partial charge in [0.2, 0.25) is 15.9 Å². The molecule has 1 aliphatic heterocycles. The second-order valence-corrected chi connectivity index (χ2v) is 8.13. The molecule has 1 amide bonds. The van der Waals surface area contributed by atoms with E-state index in [0.717, 1.165) is 10.7 Å². The number of amides is 1. The van der Waals surface area contributed by atoms with Gasteiger partial charge in [0.25, 0.3) is 0 Å². The first-order chi connectivity index (χ1) is 11.2. The van der Waals surface area contributed by atoms with Crippen molar-refractivity contribution in [2.75, 3.05) is 26.2 Å². The highest BCUT2D eigenvalue weighted by atomic mass is 32.2. The molecular weight excluding hydrogens is 345 g/mol. The van der Waals surface area contributed by atoms with Crippen LogP contribution in [0.2, 0.25) is 0 Å². The maximum atomic E-state index is 13.8. The molecule has 3 rings (SSSR count). The van der Waals surface area contributed by atoms with E-state index in [0.29, 0.717) is 18.1 Å². The van der Waals surface area contributed by atoms with Crippen molar-refractivity contribution >= 4 is 15.9 Å². The summed E-state index contributed by atoms with van der Waals surface area (Å²) in [6.45, 7) is 2.37. The molecule has 1 saturated heterocycles. The molecule has 2 aliphatic rings. The molecule has 0 radical (unpaired) electrons. The van der Waals surface area contributed by atoms with E-state index in [9.17, 15) is 26.4 Å². The van der Waals surface area contributed by atoms with Crippen molar-refractivity contribution in [3.05, 3.63) is 29.6 Å². The summed E-state index contributed by atoms with van der Waals surface area (Å²) in [7, 11) is -4.28. The summed E-state index contributed by atoms with van der Waals surface area (Å²) in [6, 6.07) is 1.30. The monoisotopic (exact) mass is 362 g/mol. The zero-order chi connectivity index (χ0) is 17.6. The average molecular weight is 362 g/mol. The molecule has 5 nitrogen and oxygen atoms in total. The van der Waals surface area contributed by atoms with Crippen LogP contribution in [0.4, 0.5) is 13.2 Å². The van der Waals surface area contributed by atoms with Crippen molar-refractivity contribution < 1.29 is 26.4 Å². The Morgan fingerprint density at radius 2 is 1.67 bits per heavy atom. The maximum absolute atomic E-state index is 13.8. The van der Waals surface area contributed by atoms with E-state index in [1.165, 1.54) is 0 Å². The second kappa shape index (κ2) is 6.03. The van der Waals surface area contributed by atoms with Gasteiger partial charge in [-0.2, -0.15) is 4.31 Å². The van der Waals surface area contributed by atoms with Gasteiger partial charge in [0, 0.05) is 32.1 Å². The Morgan fingerprint density at radius 1 is 1.08 bits per heavy atom. The molecule has 24 heavy (non-hydrogen) atoms. The van der Waals surface area contributed by atoms with Gasteiger partial charge >= 0.3 is 0 Å². The molecule has 1 heterocycles. The van der Waals surface area contributed by atoms with E-state index in [-0.39, 0.29) is 38.0 Å². The van der Waals surface area contributed by atoms with Crippen LogP contribution in [0, 0.1) is 29.3 Å². The number of benzene rings is 1. The number of carbonyl (C=O) groups excluding carboxylic acids is 1. The Bertz CT molecular complexity index is 776. The van der Waals surface area contributed by atoms with E-state index in [1.54, 1.807) is 4.90 Å². The molecule has 0 bridgehead atoms. The lowest BCUT2D eigenvalue weighted by Gasteiger charge is -2.34. The Kier molecular flexibility index (Phi) is 4.33. The van der Waals surface area contributed by atoms with E-state index in [1.807, 2.05) is 6.92 Å². The first-order valence-corrected chi connectivity index (χ1v) is 9.10. The lowest BCUT2D eigenvalue weighted by molar-refractivity contribution is -0.134. The van der Waals surface area contributed by atoms with Gasteiger partial charge in [-0.3, -0.25) is 4.79 Å². The fourth-order valence-corrected chi connectivity index (χ4v) is 4.37. The van der Waals surface area contributed by atoms with Gasteiger partial charge in [-0.1, -0.05) is 6.92 Å². The number of halogens is 3. The number of piperazine rings is 1. The topological polar surface area (TPSA) is 57.7 Å². The van der Waals surface area contributed by atoms with Crippen molar-refractivity contribution in [3.63, 3.8) is 0 Å².